The molecule has 2 rings (SSSR count). The van der Waals surface area contributed by atoms with Crippen LogP contribution in [0.3, 0.4) is 0 Å². The van der Waals surface area contributed by atoms with Gasteiger partial charge in [0.2, 0.25) is 0 Å². The number of benzene rings is 1. The maximum Gasteiger partial charge on any atom is 0.174 e. The Morgan fingerprint density at radius 2 is 0.947 bits per heavy atom. The molecule has 0 saturated carbocycles. The third kappa shape index (κ3) is 1.59. The van der Waals surface area contributed by atoms with Crippen molar-refractivity contribution in [2.24, 2.45) is 5.41 Å². The summed E-state index contributed by atoms with van der Waals surface area (Å²) in [7, 11) is 0. The number of hydrogen-bond donors (Lipinski definition) is 0. The zero-order chi connectivity index (χ0) is 15.0. The van der Waals surface area contributed by atoms with Crippen molar-refractivity contribution in [2.45, 2.75) is 52.4 Å². The first-order chi connectivity index (χ1) is 8.39. The average Bonchev–Trinajstić information content (AvgIpc) is 2.39. The lowest BCUT2D eigenvalue weighted by molar-refractivity contribution is 0.124. The molecule has 0 amide bonds. The van der Waals surface area contributed by atoms with Gasteiger partial charge in [0.05, 0.1) is 8.95 Å². The molecule has 0 aromatic heterocycles. The largest absolute Gasteiger partial charge is 0.202 e. The van der Waals surface area contributed by atoms with E-state index in [2.05, 4.69) is 73.4 Å². The summed E-state index contributed by atoms with van der Waals surface area (Å²) >= 11 is 6.52. The van der Waals surface area contributed by atoms with Gasteiger partial charge in [-0.25, -0.2) is 8.78 Å². The van der Waals surface area contributed by atoms with Gasteiger partial charge in [-0.3, -0.25) is 0 Å². The highest BCUT2D eigenvalue weighted by molar-refractivity contribution is 9.11. The van der Waals surface area contributed by atoms with Gasteiger partial charge < -0.3 is 0 Å². The fourth-order valence-corrected chi connectivity index (χ4v) is 4.95. The number of hydrogen-bond acceptors (Lipinski definition) is 0. The molecule has 0 unspecified atom stereocenters. The first-order valence-corrected chi connectivity index (χ1v) is 7.84. The summed E-state index contributed by atoms with van der Waals surface area (Å²) in [6, 6.07) is 0. The van der Waals surface area contributed by atoms with Gasteiger partial charge >= 0.3 is 0 Å². The highest BCUT2D eigenvalue weighted by Gasteiger charge is 2.59. The fourth-order valence-electron chi connectivity index (χ4n) is 3.21. The van der Waals surface area contributed by atoms with Crippen LogP contribution in [-0.4, -0.2) is 0 Å². The van der Waals surface area contributed by atoms with Gasteiger partial charge in [-0.1, -0.05) is 41.5 Å². The van der Waals surface area contributed by atoms with Gasteiger partial charge in [-0.15, -0.1) is 0 Å². The first kappa shape index (κ1) is 15.4. The maximum atomic E-state index is 14.0. The molecule has 0 N–H and O–H groups in total. The normalized spacial score (nSPS) is 22.4. The van der Waals surface area contributed by atoms with E-state index in [4.69, 9.17) is 0 Å². The molecule has 0 radical (unpaired) electrons. The van der Waals surface area contributed by atoms with Crippen LogP contribution in [0.15, 0.2) is 8.95 Å². The van der Waals surface area contributed by atoms with E-state index in [-0.39, 0.29) is 25.2 Å². The molecule has 1 aliphatic carbocycles. The summed E-state index contributed by atoms with van der Waals surface area (Å²) < 4.78 is 28.6. The molecule has 1 aliphatic rings. The van der Waals surface area contributed by atoms with Crippen LogP contribution < -0.4 is 0 Å². The Morgan fingerprint density at radius 1 is 0.684 bits per heavy atom. The number of halogens is 4. The van der Waals surface area contributed by atoms with Gasteiger partial charge in [-0.2, -0.15) is 0 Å². The number of fused-ring (bicyclic) bond motifs is 1. The Hall–Kier alpha value is 0.0400. The Morgan fingerprint density at radius 3 is 1.21 bits per heavy atom. The summed E-state index contributed by atoms with van der Waals surface area (Å²) in [6.45, 7) is 12.7. The minimum absolute atomic E-state index is 0.131. The fraction of sp³-hybridized carbons (Fsp3) is 0.600. The van der Waals surface area contributed by atoms with Crippen LogP contribution >= 0.6 is 31.9 Å². The summed E-state index contributed by atoms with van der Waals surface area (Å²) in [6.07, 6.45) is 0. The van der Waals surface area contributed by atoms with Crippen molar-refractivity contribution < 1.29 is 8.78 Å². The average molecular weight is 396 g/mol. The Balaban J connectivity index is 3.02. The van der Waals surface area contributed by atoms with E-state index in [9.17, 15) is 8.78 Å². The topological polar surface area (TPSA) is 0 Å². The van der Waals surface area contributed by atoms with Crippen molar-refractivity contribution in [3.05, 3.63) is 31.7 Å². The van der Waals surface area contributed by atoms with Crippen LogP contribution in [0.2, 0.25) is 0 Å². The highest BCUT2D eigenvalue weighted by atomic mass is 79.9. The predicted molar refractivity (Wildman–Crippen MR) is 81.6 cm³/mol. The summed E-state index contributed by atoms with van der Waals surface area (Å²) in [5.74, 6) is -1.63. The lowest BCUT2D eigenvalue weighted by Gasteiger charge is -2.44. The smallest absolute Gasteiger partial charge is 0.174 e. The Bertz CT molecular complexity index is 523. The van der Waals surface area contributed by atoms with Crippen molar-refractivity contribution in [3.63, 3.8) is 0 Å². The molecule has 1 aromatic rings. The van der Waals surface area contributed by atoms with E-state index in [0.717, 1.165) is 11.1 Å². The molecule has 0 spiro atoms. The highest BCUT2D eigenvalue weighted by Crippen LogP contribution is 2.64. The van der Waals surface area contributed by atoms with Crippen LogP contribution in [0.25, 0.3) is 0 Å². The van der Waals surface area contributed by atoms with Crippen molar-refractivity contribution in [1.29, 1.82) is 0 Å². The van der Waals surface area contributed by atoms with E-state index in [1.54, 1.807) is 0 Å². The first-order valence-electron chi connectivity index (χ1n) is 6.26. The second-order valence-electron chi connectivity index (χ2n) is 6.88. The molecule has 0 nitrogen and oxygen atoms in total. The Kier molecular flexibility index (Phi) is 3.27. The monoisotopic (exact) mass is 394 g/mol. The lowest BCUT2D eigenvalue weighted by Crippen LogP contribution is -2.42. The maximum absolute atomic E-state index is 14.0. The van der Waals surface area contributed by atoms with E-state index in [1.807, 2.05) is 0 Å². The van der Waals surface area contributed by atoms with Crippen LogP contribution in [0.1, 0.15) is 52.7 Å². The standard InChI is InChI=1S/C15H18Br2F2/c1-13(2)7-8(14(3,4)15(13,5)6)10(17)12(19)11(18)9(7)16/h1-6H3. The van der Waals surface area contributed by atoms with E-state index >= 15 is 0 Å². The zero-order valence-electron chi connectivity index (χ0n) is 12.0. The minimum Gasteiger partial charge on any atom is -0.202 e. The van der Waals surface area contributed by atoms with Gasteiger partial charge in [0.15, 0.2) is 11.6 Å². The zero-order valence-corrected chi connectivity index (χ0v) is 15.2. The Labute approximate surface area is 130 Å². The third-order valence-electron chi connectivity index (χ3n) is 5.64. The molecule has 0 atom stereocenters. The minimum atomic E-state index is -0.813. The molecule has 4 heteroatoms. The summed E-state index contributed by atoms with van der Waals surface area (Å²) in [5, 5.41) is 0. The molecule has 0 bridgehead atoms. The van der Waals surface area contributed by atoms with Crippen molar-refractivity contribution in [1.82, 2.24) is 0 Å². The second-order valence-corrected chi connectivity index (χ2v) is 8.47. The molecule has 0 heterocycles. The quantitative estimate of drug-likeness (QED) is 0.368. The molecule has 0 saturated heterocycles. The summed E-state index contributed by atoms with van der Waals surface area (Å²) in [4.78, 5) is 0. The second kappa shape index (κ2) is 4.03. The lowest BCUT2D eigenvalue weighted by atomic mass is 9.59. The van der Waals surface area contributed by atoms with Crippen molar-refractivity contribution in [2.75, 3.05) is 0 Å². The van der Waals surface area contributed by atoms with E-state index < -0.39 is 11.6 Å². The number of rotatable bonds is 0. The molecule has 106 valence electrons. The summed E-state index contributed by atoms with van der Waals surface area (Å²) in [5.41, 5.74) is 1.08. The van der Waals surface area contributed by atoms with Crippen LogP contribution in [0, 0.1) is 17.0 Å². The van der Waals surface area contributed by atoms with Crippen molar-refractivity contribution >= 4 is 31.9 Å². The molecule has 0 fully saturated rings. The van der Waals surface area contributed by atoms with Crippen LogP contribution in [-0.2, 0) is 10.8 Å². The van der Waals surface area contributed by atoms with Gasteiger partial charge in [0.1, 0.15) is 0 Å². The predicted octanol–water partition coefficient (Wildman–Crippen LogP) is 6.08. The van der Waals surface area contributed by atoms with Gasteiger partial charge in [0, 0.05) is 0 Å². The van der Waals surface area contributed by atoms with E-state index in [1.165, 1.54) is 0 Å². The van der Waals surface area contributed by atoms with Gasteiger partial charge in [-0.05, 0) is 59.2 Å². The van der Waals surface area contributed by atoms with Crippen molar-refractivity contribution in [3.8, 4) is 0 Å². The molecular formula is C15H18Br2F2. The third-order valence-corrected chi connectivity index (χ3v) is 7.13. The van der Waals surface area contributed by atoms with Crippen LogP contribution in [0.4, 0.5) is 8.78 Å². The molecule has 1 aromatic carbocycles. The van der Waals surface area contributed by atoms with E-state index in [0.29, 0.717) is 0 Å². The SMILES string of the molecule is CC1(C)c2c(Br)c(F)c(F)c(Br)c2C(C)(C)C1(C)C. The van der Waals surface area contributed by atoms with Gasteiger partial charge in [0.25, 0.3) is 0 Å². The molecular weight excluding hydrogens is 378 g/mol. The van der Waals surface area contributed by atoms with Crippen LogP contribution in [0.5, 0.6) is 0 Å². The molecule has 0 aliphatic heterocycles. The molecule has 19 heavy (non-hydrogen) atoms.